The number of halogens is 4. The van der Waals surface area contributed by atoms with E-state index in [9.17, 15) is 32.7 Å². The molecule has 1 aromatic heterocycles. The van der Waals surface area contributed by atoms with Crippen LogP contribution in [0.3, 0.4) is 0 Å². The number of ether oxygens (including phenoxy) is 1. The predicted molar refractivity (Wildman–Crippen MR) is 177 cm³/mol. The molecule has 4 fully saturated rings. The first-order valence-electron chi connectivity index (χ1n) is 16.8. The Morgan fingerprint density at radius 2 is 1.73 bits per heavy atom. The molecule has 6 heterocycles. The van der Waals surface area contributed by atoms with Crippen molar-refractivity contribution < 1.29 is 37.4 Å². The number of rotatable bonds is 6. The molecule has 11 nitrogen and oxygen atoms in total. The lowest BCUT2D eigenvalue weighted by atomic mass is 9.99. The van der Waals surface area contributed by atoms with Crippen LogP contribution in [0.25, 0.3) is 0 Å². The molecule has 4 amide bonds. The number of phenols is 1. The molecule has 1 aromatic carbocycles. The van der Waals surface area contributed by atoms with Gasteiger partial charge in [0.15, 0.2) is 6.10 Å². The highest BCUT2D eigenvalue weighted by atomic mass is 35.5. The number of likely N-dealkylation sites (tertiary alicyclic amines) is 4. The van der Waals surface area contributed by atoms with Crippen molar-refractivity contribution in [2.75, 3.05) is 51.6 Å². The summed E-state index contributed by atoms with van der Waals surface area (Å²) >= 11 is 7.56. The molecule has 0 radical (unpaired) electrons. The number of thiophene rings is 1. The zero-order chi connectivity index (χ0) is 34.6. The van der Waals surface area contributed by atoms with Crippen LogP contribution in [0.2, 0.25) is 5.02 Å². The molecule has 4 saturated heterocycles. The Labute approximate surface area is 291 Å². The molecule has 2 aromatic rings. The number of phenolic OH excluding ortho intramolecular Hbond substituents is 1. The maximum Gasteiger partial charge on any atom is 0.420 e. The number of hydrogen-bond donors (Lipinski definition) is 2. The summed E-state index contributed by atoms with van der Waals surface area (Å²) in [6.45, 7) is 4.00. The zero-order valence-corrected chi connectivity index (χ0v) is 28.7. The van der Waals surface area contributed by atoms with Crippen LogP contribution >= 0.6 is 22.9 Å². The maximum atomic E-state index is 14.0. The van der Waals surface area contributed by atoms with E-state index in [0.29, 0.717) is 50.6 Å². The number of piperidine rings is 2. The summed E-state index contributed by atoms with van der Waals surface area (Å²) in [4.78, 5) is 51.2. The number of urea groups is 1. The summed E-state index contributed by atoms with van der Waals surface area (Å²) in [6, 6.07) is 4.92. The highest BCUT2D eigenvalue weighted by molar-refractivity contribution is 7.10. The van der Waals surface area contributed by atoms with Gasteiger partial charge < -0.3 is 34.8 Å². The second-order valence-electron chi connectivity index (χ2n) is 13.8. The van der Waals surface area contributed by atoms with Crippen LogP contribution < -0.4 is 5.32 Å². The fourth-order valence-electron chi connectivity index (χ4n) is 8.19. The summed E-state index contributed by atoms with van der Waals surface area (Å²) in [7, 11) is 2.15. The number of benzene rings is 1. The van der Waals surface area contributed by atoms with E-state index < -0.39 is 40.6 Å². The number of aromatic hydroxyl groups is 1. The third-order valence-electron chi connectivity index (χ3n) is 10.9. The fraction of sp³-hybridized carbons (Fsp3) is 0.606. The van der Waals surface area contributed by atoms with E-state index in [1.807, 2.05) is 11.4 Å². The summed E-state index contributed by atoms with van der Waals surface area (Å²) in [5.74, 6) is -1.57. The number of carbonyl (C=O) groups excluding carboxylic acids is 3. The van der Waals surface area contributed by atoms with Crippen molar-refractivity contribution in [2.24, 2.45) is 0 Å². The summed E-state index contributed by atoms with van der Waals surface area (Å²) in [6.07, 6.45) is -3.69. The first kappa shape index (κ1) is 34.2. The number of hydrogen-bond acceptors (Lipinski definition) is 8. The van der Waals surface area contributed by atoms with Gasteiger partial charge in [0.1, 0.15) is 5.75 Å². The van der Waals surface area contributed by atoms with Gasteiger partial charge in [-0.3, -0.25) is 9.69 Å². The average molecular weight is 725 g/mol. The van der Waals surface area contributed by atoms with E-state index in [0.717, 1.165) is 49.0 Å². The SMILES string of the molecule is CN1CC2CC1CN2C1CCN(C(=O)[C@@H](Cc2cc(Cl)c(O)c(C(F)(F)F)c2)OC(=O)N2CCC(N3Cc4sccc4NC3=O)CC2)CC1. The predicted octanol–water partition coefficient (Wildman–Crippen LogP) is 5.07. The number of anilines is 1. The molecule has 0 saturated carbocycles. The Hall–Kier alpha value is -3.27. The standard InChI is InChI=1S/C33H40ClF3N6O5S/c1-39-16-23-15-22(39)17-42(23)20-2-7-40(8-3-20)30(45)27(14-19-12-24(33(35,36)37)29(44)25(34)13-19)48-32(47)41-9-4-21(5-10-41)43-18-28-26(6-11-49-28)38-31(43)46/h6,11-13,20-23,27,44H,2-5,7-10,14-18H2,1H3,(H,38,46)/t22?,23?,27-/m1/s1. The van der Waals surface area contributed by atoms with Crippen LogP contribution in [0.4, 0.5) is 28.4 Å². The van der Waals surface area contributed by atoms with Gasteiger partial charge in [-0.25, -0.2) is 9.59 Å². The second-order valence-corrected chi connectivity index (χ2v) is 15.2. The molecule has 2 N–H and O–H groups in total. The summed E-state index contributed by atoms with van der Waals surface area (Å²) in [5, 5.41) is 14.3. The topological polar surface area (TPSA) is 109 Å². The van der Waals surface area contributed by atoms with Crippen molar-refractivity contribution in [3.8, 4) is 5.75 Å². The molecular formula is C33H40ClF3N6O5S. The number of alkyl halides is 3. The quantitative estimate of drug-likeness (QED) is 0.429. The number of carbonyl (C=O) groups is 3. The molecule has 0 aliphatic carbocycles. The zero-order valence-electron chi connectivity index (χ0n) is 27.1. The molecule has 2 unspecified atom stereocenters. The molecule has 7 rings (SSSR count). The van der Waals surface area contributed by atoms with E-state index in [2.05, 4.69) is 22.2 Å². The first-order valence-corrected chi connectivity index (χ1v) is 18.0. The molecule has 2 bridgehead atoms. The van der Waals surface area contributed by atoms with Gasteiger partial charge in [-0.05, 0) is 68.3 Å². The Balaban J connectivity index is 1.02. The molecule has 5 aliphatic heterocycles. The van der Waals surface area contributed by atoms with Crippen LogP contribution in [0.15, 0.2) is 23.6 Å². The van der Waals surface area contributed by atoms with Crippen molar-refractivity contribution in [2.45, 2.75) is 81.5 Å². The van der Waals surface area contributed by atoms with Gasteiger partial charge in [0, 0.05) is 74.7 Å². The number of likely N-dealkylation sites (N-methyl/N-ethyl adjacent to an activating group) is 1. The monoisotopic (exact) mass is 724 g/mol. The normalized spacial score (nSPS) is 24.7. The Kier molecular flexibility index (Phi) is 9.39. The number of nitrogens with zero attached hydrogens (tertiary/aromatic N) is 5. The molecule has 5 aliphatic rings. The molecule has 16 heteroatoms. The average Bonchev–Trinajstić information content (AvgIpc) is 3.80. The van der Waals surface area contributed by atoms with Gasteiger partial charge >= 0.3 is 18.3 Å². The smallest absolute Gasteiger partial charge is 0.420 e. The van der Waals surface area contributed by atoms with Crippen molar-refractivity contribution >= 4 is 46.7 Å². The minimum atomic E-state index is -4.88. The van der Waals surface area contributed by atoms with Crippen LogP contribution in [-0.2, 0) is 28.7 Å². The summed E-state index contributed by atoms with van der Waals surface area (Å²) < 4.78 is 47.0. The van der Waals surface area contributed by atoms with E-state index in [4.69, 9.17) is 16.3 Å². The van der Waals surface area contributed by atoms with Gasteiger partial charge in [-0.2, -0.15) is 13.2 Å². The number of piperazine rings is 1. The largest absolute Gasteiger partial charge is 0.506 e. The van der Waals surface area contributed by atoms with Crippen LogP contribution in [0.1, 0.15) is 48.1 Å². The number of nitrogens with one attached hydrogen (secondary N) is 1. The lowest BCUT2D eigenvalue weighted by Crippen LogP contribution is -2.55. The fourth-order valence-corrected chi connectivity index (χ4v) is 9.26. The Morgan fingerprint density at radius 1 is 1.04 bits per heavy atom. The first-order chi connectivity index (χ1) is 23.4. The van der Waals surface area contributed by atoms with Gasteiger partial charge in [0.05, 0.1) is 22.8 Å². The number of fused-ring (bicyclic) bond motifs is 3. The van der Waals surface area contributed by atoms with Crippen LogP contribution in [0.5, 0.6) is 5.75 Å². The van der Waals surface area contributed by atoms with Gasteiger partial charge in [0.2, 0.25) is 0 Å². The molecule has 49 heavy (non-hydrogen) atoms. The van der Waals surface area contributed by atoms with Gasteiger partial charge in [-0.15, -0.1) is 11.3 Å². The Bertz CT molecular complexity index is 1590. The van der Waals surface area contributed by atoms with Crippen molar-refractivity contribution in [3.05, 3.63) is 44.6 Å². The Morgan fingerprint density at radius 3 is 2.39 bits per heavy atom. The maximum absolute atomic E-state index is 14.0. The highest BCUT2D eigenvalue weighted by Gasteiger charge is 2.45. The second kappa shape index (κ2) is 13.5. The van der Waals surface area contributed by atoms with E-state index in [1.54, 1.807) is 21.1 Å². The van der Waals surface area contributed by atoms with E-state index >= 15 is 0 Å². The van der Waals surface area contributed by atoms with Crippen LogP contribution in [0, 0.1) is 0 Å². The highest BCUT2D eigenvalue weighted by Crippen LogP contribution is 2.41. The molecule has 3 atom stereocenters. The van der Waals surface area contributed by atoms with Gasteiger partial charge in [-0.1, -0.05) is 11.6 Å². The minimum Gasteiger partial charge on any atom is -0.506 e. The minimum absolute atomic E-state index is 0.0103. The van der Waals surface area contributed by atoms with E-state index in [1.165, 1.54) is 11.0 Å². The van der Waals surface area contributed by atoms with Crippen molar-refractivity contribution in [3.63, 3.8) is 0 Å². The third kappa shape index (κ3) is 6.91. The summed E-state index contributed by atoms with van der Waals surface area (Å²) in [5.41, 5.74) is -0.492. The van der Waals surface area contributed by atoms with Gasteiger partial charge in [0.25, 0.3) is 5.91 Å². The lowest BCUT2D eigenvalue weighted by molar-refractivity contribution is -0.142. The third-order valence-corrected chi connectivity index (χ3v) is 12.1. The van der Waals surface area contributed by atoms with Crippen molar-refractivity contribution in [1.29, 1.82) is 0 Å². The number of amides is 4. The lowest BCUT2D eigenvalue weighted by Gasteiger charge is -2.42. The van der Waals surface area contributed by atoms with E-state index in [-0.39, 0.29) is 37.1 Å². The molecule has 266 valence electrons. The molecule has 0 spiro atoms. The molecular weight excluding hydrogens is 685 g/mol. The van der Waals surface area contributed by atoms with Crippen molar-refractivity contribution in [1.82, 2.24) is 24.5 Å². The van der Waals surface area contributed by atoms with Crippen LogP contribution in [-0.4, -0.2) is 124 Å².